The highest BCUT2D eigenvalue weighted by Crippen LogP contribution is 2.18. The van der Waals surface area contributed by atoms with Crippen LogP contribution in [0.2, 0.25) is 0 Å². The number of terminal acetylenes is 1. The molecule has 0 aliphatic heterocycles. The second kappa shape index (κ2) is 6.44. The Balaban J connectivity index is 2.12. The lowest BCUT2D eigenvalue weighted by Crippen LogP contribution is -2.26. The van der Waals surface area contributed by atoms with Gasteiger partial charge in [-0.3, -0.25) is 4.79 Å². The molecular weight excluding hydrogens is 322 g/mol. The van der Waals surface area contributed by atoms with E-state index in [1.807, 2.05) is 19.1 Å². The average molecular weight is 336 g/mol. The molecule has 20 heavy (non-hydrogen) atoms. The molecule has 0 fully saturated rings. The first-order valence-corrected chi connectivity index (χ1v) is 6.89. The minimum absolute atomic E-state index is 0.0992. The van der Waals surface area contributed by atoms with Crippen LogP contribution < -0.4 is 10.9 Å². The number of aromatic nitrogens is 2. The third kappa shape index (κ3) is 3.31. The van der Waals surface area contributed by atoms with Crippen LogP contribution in [-0.4, -0.2) is 15.8 Å². The fourth-order valence-electron chi connectivity index (χ4n) is 1.81. The zero-order chi connectivity index (χ0) is 14.5. The molecule has 2 aromatic heterocycles. The van der Waals surface area contributed by atoms with Gasteiger partial charge < -0.3 is 9.73 Å². The normalized spacial score (nSPS) is 11.8. The van der Waals surface area contributed by atoms with Crippen molar-refractivity contribution in [3.63, 3.8) is 0 Å². The maximum Gasteiger partial charge on any atom is 0.284 e. The lowest BCUT2D eigenvalue weighted by molar-refractivity contribution is 0.497. The van der Waals surface area contributed by atoms with Gasteiger partial charge in [0.1, 0.15) is 16.8 Å². The molecule has 2 rings (SSSR count). The molecule has 104 valence electrons. The van der Waals surface area contributed by atoms with Gasteiger partial charge in [0, 0.05) is 12.5 Å². The van der Waals surface area contributed by atoms with Crippen LogP contribution in [0.4, 0.5) is 5.69 Å². The number of anilines is 1. The predicted molar refractivity (Wildman–Crippen MR) is 80.5 cm³/mol. The molecule has 0 saturated heterocycles. The van der Waals surface area contributed by atoms with Crippen LogP contribution in [0.15, 0.2) is 38.3 Å². The van der Waals surface area contributed by atoms with Gasteiger partial charge in [0.25, 0.3) is 5.56 Å². The van der Waals surface area contributed by atoms with Gasteiger partial charge in [0.05, 0.1) is 18.1 Å². The van der Waals surface area contributed by atoms with E-state index in [0.717, 1.165) is 5.76 Å². The number of hydrogen-bond acceptors (Lipinski definition) is 4. The van der Waals surface area contributed by atoms with Gasteiger partial charge in [-0.25, -0.2) is 4.68 Å². The van der Waals surface area contributed by atoms with Gasteiger partial charge >= 0.3 is 0 Å². The van der Waals surface area contributed by atoms with Crippen LogP contribution in [0.5, 0.6) is 0 Å². The number of nitrogens with zero attached hydrogens (tertiary/aromatic N) is 2. The summed E-state index contributed by atoms with van der Waals surface area (Å²) in [6, 6.07) is 3.86. The summed E-state index contributed by atoms with van der Waals surface area (Å²) in [4.78, 5) is 12.0. The lowest BCUT2D eigenvalue weighted by atomic mass is 10.2. The van der Waals surface area contributed by atoms with Crippen molar-refractivity contribution >= 4 is 21.6 Å². The van der Waals surface area contributed by atoms with Crippen molar-refractivity contribution in [1.82, 2.24) is 9.78 Å². The fraction of sp³-hybridized carbons (Fsp3) is 0.286. The molecule has 0 aromatic carbocycles. The molecule has 1 atom stereocenters. The Morgan fingerprint density at radius 2 is 2.45 bits per heavy atom. The van der Waals surface area contributed by atoms with Gasteiger partial charge in [-0.15, -0.1) is 6.42 Å². The highest BCUT2D eigenvalue weighted by atomic mass is 79.9. The number of nitrogens with one attached hydrogen (secondary N) is 1. The molecule has 1 N–H and O–H groups in total. The predicted octanol–water partition coefficient (Wildman–Crippen LogP) is 2.28. The van der Waals surface area contributed by atoms with Gasteiger partial charge in [0.2, 0.25) is 0 Å². The second-order valence-corrected chi connectivity index (χ2v) is 5.16. The molecule has 0 radical (unpaired) electrons. The summed E-state index contributed by atoms with van der Waals surface area (Å²) in [5, 5.41) is 7.25. The summed E-state index contributed by atoms with van der Waals surface area (Å²) in [6.45, 7) is 2.15. The Morgan fingerprint density at radius 1 is 1.65 bits per heavy atom. The number of rotatable bonds is 5. The van der Waals surface area contributed by atoms with E-state index in [4.69, 9.17) is 10.8 Å². The molecule has 0 aliphatic carbocycles. The van der Waals surface area contributed by atoms with E-state index in [0.29, 0.717) is 16.6 Å². The smallest absolute Gasteiger partial charge is 0.284 e. The first-order valence-electron chi connectivity index (χ1n) is 6.10. The van der Waals surface area contributed by atoms with E-state index in [9.17, 15) is 4.79 Å². The molecule has 5 nitrogen and oxygen atoms in total. The SMILES string of the molecule is C#CCn1ncc(NC(C)Cc2ccco2)c(Br)c1=O. The van der Waals surface area contributed by atoms with Gasteiger partial charge in [-0.1, -0.05) is 5.92 Å². The highest BCUT2D eigenvalue weighted by molar-refractivity contribution is 9.10. The first kappa shape index (κ1) is 14.4. The molecular formula is C14H14BrN3O2. The molecule has 0 spiro atoms. The van der Waals surface area contributed by atoms with Crippen LogP contribution in [0.1, 0.15) is 12.7 Å². The largest absolute Gasteiger partial charge is 0.469 e. The Morgan fingerprint density at radius 3 is 3.10 bits per heavy atom. The fourth-order valence-corrected chi connectivity index (χ4v) is 2.23. The van der Waals surface area contributed by atoms with E-state index >= 15 is 0 Å². The highest BCUT2D eigenvalue weighted by Gasteiger charge is 2.12. The van der Waals surface area contributed by atoms with Crippen molar-refractivity contribution in [2.75, 3.05) is 5.32 Å². The van der Waals surface area contributed by atoms with Crippen LogP contribution in [0.25, 0.3) is 0 Å². The van der Waals surface area contributed by atoms with Crippen molar-refractivity contribution < 1.29 is 4.42 Å². The molecule has 0 amide bonds. The van der Waals surface area contributed by atoms with E-state index in [1.165, 1.54) is 4.68 Å². The number of hydrogen-bond donors (Lipinski definition) is 1. The van der Waals surface area contributed by atoms with Crippen molar-refractivity contribution in [3.05, 3.63) is 45.2 Å². The van der Waals surface area contributed by atoms with Crippen molar-refractivity contribution in [1.29, 1.82) is 0 Å². The first-order chi connectivity index (χ1) is 9.61. The lowest BCUT2D eigenvalue weighted by Gasteiger charge is -2.15. The average Bonchev–Trinajstić information content (AvgIpc) is 2.91. The molecule has 2 heterocycles. The molecule has 0 saturated carbocycles. The van der Waals surface area contributed by atoms with Gasteiger partial charge in [-0.05, 0) is 35.0 Å². The minimum atomic E-state index is -0.252. The maximum absolute atomic E-state index is 12.0. The third-order valence-corrected chi connectivity index (χ3v) is 3.48. The van der Waals surface area contributed by atoms with E-state index in [-0.39, 0.29) is 18.1 Å². The summed E-state index contributed by atoms with van der Waals surface area (Å²) in [6.07, 6.45) is 9.12. The molecule has 1 unspecified atom stereocenters. The molecule has 6 heteroatoms. The maximum atomic E-state index is 12.0. The monoisotopic (exact) mass is 335 g/mol. The molecule has 0 aliphatic rings. The standard InChI is InChI=1S/C14H14BrN3O2/c1-3-6-18-14(19)13(15)12(9-16-18)17-10(2)8-11-5-4-7-20-11/h1,4-5,7,9-10,17H,6,8H2,2H3. The van der Waals surface area contributed by atoms with Gasteiger partial charge in [-0.2, -0.15) is 5.10 Å². The quantitative estimate of drug-likeness (QED) is 0.851. The summed E-state index contributed by atoms with van der Waals surface area (Å²) in [7, 11) is 0. The minimum Gasteiger partial charge on any atom is -0.469 e. The van der Waals surface area contributed by atoms with Gasteiger partial charge in [0.15, 0.2) is 0 Å². The van der Waals surface area contributed by atoms with Crippen molar-refractivity contribution in [3.8, 4) is 12.3 Å². The van der Waals surface area contributed by atoms with Crippen LogP contribution in [0, 0.1) is 12.3 Å². The topological polar surface area (TPSA) is 60.1 Å². The zero-order valence-corrected chi connectivity index (χ0v) is 12.6. The summed E-state index contributed by atoms with van der Waals surface area (Å²) in [5.41, 5.74) is 0.389. The van der Waals surface area contributed by atoms with E-state index < -0.39 is 0 Å². The van der Waals surface area contributed by atoms with Crippen molar-refractivity contribution in [2.24, 2.45) is 0 Å². The Hall–Kier alpha value is -2.00. The number of halogens is 1. The third-order valence-electron chi connectivity index (χ3n) is 2.72. The van der Waals surface area contributed by atoms with Crippen LogP contribution >= 0.6 is 15.9 Å². The number of furan rings is 1. The summed E-state index contributed by atoms with van der Waals surface area (Å²) >= 11 is 3.28. The molecule has 2 aromatic rings. The summed E-state index contributed by atoms with van der Waals surface area (Å²) < 4.78 is 6.95. The van der Waals surface area contributed by atoms with Crippen molar-refractivity contribution in [2.45, 2.75) is 25.9 Å². The Bertz CT molecular complexity index is 671. The van der Waals surface area contributed by atoms with Crippen LogP contribution in [0.3, 0.4) is 0 Å². The van der Waals surface area contributed by atoms with E-state index in [1.54, 1.807) is 12.5 Å². The Labute approximate surface area is 125 Å². The summed E-state index contributed by atoms with van der Waals surface area (Å²) in [5.74, 6) is 3.27. The second-order valence-electron chi connectivity index (χ2n) is 4.37. The van der Waals surface area contributed by atoms with E-state index in [2.05, 4.69) is 32.3 Å². The zero-order valence-electron chi connectivity index (χ0n) is 11.0. The molecule has 0 bridgehead atoms. The van der Waals surface area contributed by atoms with Crippen LogP contribution in [-0.2, 0) is 13.0 Å². The Kier molecular flexibility index (Phi) is 4.64.